The van der Waals surface area contributed by atoms with Crippen molar-refractivity contribution in [2.45, 2.75) is 51.9 Å². The minimum absolute atomic E-state index is 0.341. The third kappa shape index (κ3) is 9.19. The zero-order valence-corrected chi connectivity index (χ0v) is 16.2. The van der Waals surface area contributed by atoms with Gasteiger partial charge in [-0.3, -0.25) is 0 Å². The molecule has 0 saturated heterocycles. The van der Waals surface area contributed by atoms with E-state index in [1.54, 1.807) is 13.8 Å². The van der Waals surface area contributed by atoms with Gasteiger partial charge in [0.2, 0.25) is 0 Å². The highest BCUT2D eigenvalue weighted by molar-refractivity contribution is 6.83. The van der Waals surface area contributed by atoms with Crippen LogP contribution in [0.4, 0.5) is 13.2 Å². The number of hydrogen-bond acceptors (Lipinski definition) is 1. The third-order valence-electron chi connectivity index (χ3n) is 2.91. The average molecular weight is 364 g/mol. The van der Waals surface area contributed by atoms with Gasteiger partial charge in [-0.25, -0.2) is 0 Å². The molecular formula is C20H23F3OSi. The Kier molecular flexibility index (Phi) is 7.11. The molecule has 0 N–H and O–H groups in total. The van der Waals surface area contributed by atoms with Crippen LogP contribution in [0, 0.1) is 23.3 Å². The summed E-state index contributed by atoms with van der Waals surface area (Å²) >= 11 is 0. The Balaban J connectivity index is 2.89. The Morgan fingerprint density at radius 3 is 2.24 bits per heavy atom. The van der Waals surface area contributed by atoms with Gasteiger partial charge in [0.25, 0.3) is 0 Å². The molecule has 0 aliphatic rings. The molecule has 0 bridgehead atoms. The average Bonchev–Trinajstić information content (AvgIpc) is 2.47. The van der Waals surface area contributed by atoms with Crippen molar-refractivity contribution in [1.82, 2.24) is 0 Å². The first-order chi connectivity index (χ1) is 11.4. The molecule has 134 valence electrons. The van der Waals surface area contributed by atoms with Gasteiger partial charge in [-0.2, -0.15) is 13.2 Å². The molecule has 0 saturated carbocycles. The summed E-state index contributed by atoms with van der Waals surface area (Å²) in [7, 11) is -1.90. The van der Waals surface area contributed by atoms with E-state index in [1.807, 2.05) is 50.0 Å². The highest BCUT2D eigenvalue weighted by atomic mass is 28.3. The largest absolute Gasteiger partial charge is 0.424 e. The van der Waals surface area contributed by atoms with E-state index in [0.29, 0.717) is 6.61 Å². The molecule has 0 spiro atoms. The summed E-state index contributed by atoms with van der Waals surface area (Å²) in [5.41, 5.74) is 1.92. The number of ether oxygens (including phenoxy) is 1. The van der Waals surface area contributed by atoms with Crippen LogP contribution in [0.1, 0.15) is 19.4 Å². The second-order valence-corrected chi connectivity index (χ2v) is 11.9. The molecule has 1 aromatic carbocycles. The van der Waals surface area contributed by atoms with E-state index in [2.05, 4.69) is 23.3 Å². The molecule has 1 rings (SSSR count). The van der Waals surface area contributed by atoms with Gasteiger partial charge in [0.1, 0.15) is 19.2 Å². The number of benzene rings is 1. The molecule has 0 radical (unpaired) electrons. The van der Waals surface area contributed by atoms with Crippen molar-refractivity contribution in [2.75, 3.05) is 0 Å². The first-order valence-electron chi connectivity index (χ1n) is 7.90. The summed E-state index contributed by atoms with van der Waals surface area (Å²) in [6.45, 7) is 9.45. The van der Waals surface area contributed by atoms with E-state index in [-0.39, 0.29) is 0 Å². The van der Waals surface area contributed by atoms with E-state index in [9.17, 15) is 13.2 Å². The highest BCUT2D eigenvalue weighted by Crippen LogP contribution is 2.25. The topological polar surface area (TPSA) is 9.23 Å². The van der Waals surface area contributed by atoms with Crippen LogP contribution in [0.15, 0.2) is 42.0 Å². The van der Waals surface area contributed by atoms with Crippen molar-refractivity contribution in [1.29, 1.82) is 0 Å². The summed E-state index contributed by atoms with van der Waals surface area (Å²) < 4.78 is 44.8. The minimum atomic E-state index is -4.50. The number of halogens is 3. The lowest BCUT2D eigenvalue weighted by atomic mass is 10.1. The van der Waals surface area contributed by atoms with Crippen molar-refractivity contribution < 1.29 is 17.9 Å². The van der Waals surface area contributed by atoms with Crippen molar-refractivity contribution in [3.63, 3.8) is 0 Å². The number of allylic oxidation sites excluding steroid dienone is 2. The Morgan fingerprint density at radius 2 is 1.72 bits per heavy atom. The zero-order valence-electron chi connectivity index (χ0n) is 15.2. The predicted molar refractivity (Wildman–Crippen MR) is 98.3 cm³/mol. The maximum Gasteiger partial charge on any atom is 0.424 e. The number of alkyl halides is 3. The molecular weight excluding hydrogens is 341 g/mol. The summed E-state index contributed by atoms with van der Waals surface area (Å²) in [6, 6.07) is 9.52. The quantitative estimate of drug-likeness (QED) is 0.519. The molecule has 1 nitrogen and oxygen atoms in total. The predicted octanol–water partition coefficient (Wildman–Crippen LogP) is 5.35. The standard InChI is InChI=1S/C20H23F3OSi/c1-19(2,24-16-17-10-7-6-8-11-17)14-9-12-18(20(21,22)23)13-15-25(3,4)5/h6-8,10-12H,16H2,1-5H3/b18-12+. The fourth-order valence-corrected chi connectivity index (χ4v) is 2.11. The first kappa shape index (κ1) is 21.1. The van der Waals surface area contributed by atoms with Gasteiger partial charge in [0.15, 0.2) is 0 Å². The van der Waals surface area contributed by atoms with Gasteiger partial charge in [0, 0.05) is 6.08 Å². The van der Waals surface area contributed by atoms with Gasteiger partial charge in [0.05, 0.1) is 6.61 Å². The van der Waals surface area contributed by atoms with Gasteiger partial charge in [-0.15, -0.1) is 5.54 Å². The third-order valence-corrected chi connectivity index (χ3v) is 3.78. The van der Waals surface area contributed by atoms with E-state index in [0.717, 1.165) is 11.6 Å². The smallest absolute Gasteiger partial charge is 0.358 e. The molecule has 0 heterocycles. The van der Waals surface area contributed by atoms with Gasteiger partial charge >= 0.3 is 6.18 Å². The molecule has 0 unspecified atom stereocenters. The maximum absolute atomic E-state index is 13.0. The van der Waals surface area contributed by atoms with Gasteiger partial charge in [-0.1, -0.05) is 67.7 Å². The molecule has 0 aliphatic heterocycles. The van der Waals surface area contributed by atoms with Crippen LogP contribution in [0.2, 0.25) is 19.6 Å². The molecule has 0 aromatic heterocycles. The zero-order chi connectivity index (χ0) is 19.1. The number of hydrogen-bond donors (Lipinski definition) is 0. The lowest BCUT2D eigenvalue weighted by Crippen LogP contribution is -2.21. The Bertz CT molecular complexity index is 718. The lowest BCUT2D eigenvalue weighted by Gasteiger charge is -2.18. The summed E-state index contributed by atoms with van der Waals surface area (Å²) in [5.74, 6) is 7.43. The fraction of sp³-hybridized carbons (Fsp3) is 0.400. The van der Waals surface area contributed by atoms with Crippen LogP contribution >= 0.6 is 0 Å². The van der Waals surface area contributed by atoms with E-state index >= 15 is 0 Å². The van der Waals surface area contributed by atoms with Crippen molar-refractivity contribution in [3.05, 3.63) is 47.5 Å². The summed E-state index contributed by atoms with van der Waals surface area (Å²) in [6.07, 6.45) is -3.67. The Labute approximate surface area is 149 Å². The first-order valence-corrected chi connectivity index (χ1v) is 11.4. The number of rotatable bonds is 3. The van der Waals surface area contributed by atoms with Crippen LogP contribution in [-0.4, -0.2) is 19.9 Å². The van der Waals surface area contributed by atoms with Crippen molar-refractivity contribution in [2.24, 2.45) is 0 Å². The molecule has 25 heavy (non-hydrogen) atoms. The van der Waals surface area contributed by atoms with Crippen LogP contribution in [-0.2, 0) is 11.3 Å². The van der Waals surface area contributed by atoms with Crippen LogP contribution < -0.4 is 0 Å². The monoisotopic (exact) mass is 364 g/mol. The van der Waals surface area contributed by atoms with Crippen molar-refractivity contribution in [3.8, 4) is 23.3 Å². The summed E-state index contributed by atoms with van der Waals surface area (Å²) in [4.78, 5) is 0. The highest BCUT2D eigenvalue weighted by Gasteiger charge is 2.32. The molecule has 0 amide bonds. The maximum atomic E-state index is 13.0. The lowest BCUT2D eigenvalue weighted by molar-refractivity contribution is -0.0871. The fourth-order valence-electron chi connectivity index (χ4n) is 1.60. The second-order valence-electron chi connectivity index (χ2n) is 7.11. The molecule has 0 fully saturated rings. The Hall–Kier alpha value is -1.95. The van der Waals surface area contributed by atoms with E-state index in [1.165, 1.54) is 0 Å². The Morgan fingerprint density at radius 1 is 1.12 bits per heavy atom. The van der Waals surface area contributed by atoms with Crippen molar-refractivity contribution >= 4 is 8.07 Å². The van der Waals surface area contributed by atoms with Gasteiger partial charge in [-0.05, 0) is 19.4 Å². The van der Waals surface area contributed by atoms with Crippen LogP contribution in [0.5, 0.6) is 0 Å². The van der Waals surface area contributed by atoms with Gasteiger partial charge < -0.3 is 4.74 Å². The summed E-state index contributed by atoms with van der Waals surface area (Å²) in [5, 5.41) is 0. The SMILES string of the molecule is CC(C)(C#C/C=C(\C#C[Si](C)(C)C)C(F)(F)F)OCc1ccccc1. The normalized spacial score (nSPS) is 12.7. The minimum Gasteiger partial charge on any atom is -0.358 e. The van der Waals surface area contributed by atoms with E-state index < -0.39 is 25.4 Å². The molecule has 5 heteroatoms. The second kappa shape index (κ2) is 8.42. The molecule has 1 aromatic rings. The molecule has 0 aliphatic carbocycles. The van der Waals surface area contributed by atoms with Crippen LogP contribution in [0.25, 0.3) is 0 Å². The van der Waals surface area contributed by atoms with E-state index in [4.69, 9.17) is 4.74 Å². The molecule has 0 atom stereocenters. The van der Waals surface area contributed by atoms with Crippen LogP contribution in [0.3, 0.4) is 0 Å².